The van der Waals surface area contributed by atoms with Gasteiger partial charge in [-0.15, -0.1) is 0 Å². The average molecular weight is 319 g/mol. The Morgan fingerprint density at radius 2 is 2.16 bits per heavy atom. The fraction of sp³-hybridized carbons (Fsp3) is 0.538. The van der Waals surface area contributed by atoms with Crippen molar-refractivity contribution in [2.45, 2.75) is 26.2 Å². The number of aryl methyl sites for hydroxylation is 1. The van der Waals surface area contributed by atoms with Crippen LogP contribution in [0.3, 0.4) is 0 Å². The lowest BCUT2D eigenvalue weighted by atomic mass is 9.98. The highest BCUT2D eigenvalue weighted by molar-refractivity contribution is 7.99. The summed E-state index contributed by atoms with van der Waals surface area (Å²) in [6.07, 6.45) is 2.78. The maximum Gasteiger partial charge on any atom is 0.224 e. The predicted octanol–water partition coefficient (Wildman–Crippen LogP) is 4.17. The fourth-order valence-corrected chi connectivity index (χ4v) is 3.93. The van der Waals surface area contributed by atoms with Crippen molar-refractivity contribution < 1.29 is 4.79 Å². The van der Waals surface area contributed by atoms with Crippen molar-refractivity contribution in [1.29, 1.82) is 0 Å². The van der Waals surface area contributed by atoms with Gasteiger partial charge < -0.3 is 5.32 Å². The second-order valence-electron chi connectivity index (χ2n) is 4.74. The summed E-state index contributed by atoms with van der Waals surface area (Å²) in [7, 11) is 0. The molecule has 0 spiro atoms. The van der Waals surface area contributed by atoms with Gasteiger partial charge in [0.15, 0.2) is 5.15 Å². The van der Waals surface area contributed by atoms with Gasteiger partial charge in [0.25, 0.3) is 0 Å². The van der Waals surface area contributed by atoms with E-state index in [1.807, 2.05) is 18.7 Å². The number of halogens is 2. The summed E-state index contributed by atoms with van der Waals surface area (Å²) < 4.78 is 0. The second kappa shape index (κ2) is 6.82. The molecule has 1 aromatic heterocycles. The van der Waals surface area contributed by atoms with Crippen molar-refractivity contribution in [1.82, 2.24) is 4.98 Å². The van der Waals surface area contributed by atoms with Gasteiger partial charge >= 0.3 is 0 Å². The zero-order valence-corrected chi connectivity index (χ0v) is 13.0. The summed E-state index contributed by atoms with van der Waals surface area (Å²) in [5.41, 5.74) is 1.40. The van der Waals surface area contributed by atoms with E-state index >= 15 is 0 Å². The maximum atomic E-state index is 12.0. The number of anilines is 1. The topological polar surface area (TPSA) is 42.0 Å². The van der Waals surface area contributed by atoms with Gasteiger partial charge in [0, 0.05) is 6.42 Å². The SMILES string of the molecule is Cc1cc(Cl)nc(Cl)c1NC(=O)CC1CCSCC1. The van der Waals surface area contributed by atoms with Crippen LogP contribution in [0.5, 0.6) is 0 Å². The van der Waals surface area contributed by atoms with Crippen LogP contribution in [0.2, 0.25) is 10.3 Å². The molecule has 2 rings (SSSR count). The summed E-state index contributed by atoms with van der Waals surface area (Å²) in [6.45, 7) is 1.85. The molecule has 0 aliphatic carbocycles. The summed E-state index contributed by atoms with van der Waals surface area (Å²) >= 11 is 13.8. The fourth-order valence-electron chi connectivity index (χ4n) is 2.15. The van der Waals surface area contributed by atoms with E-state index in [4.69, 9.17) is 23.2 Å². The lowest BCUT2D eigenvalue weighted by Gasteiger charge is -2.21. The number of amides is 1. The molecule has 0 saturated carbocycles. The average Bonchev–Trinajstić information content (AvgIpc) is 2.35. The van der Waals surface area contributed by atoms with Gasteiger partial charge in [-0.1, -0.05) is 23.2 Å². The van der Waals surface area contributed by atoms with E-state index in [0.717, 1.165) is 29.9 Å². The van der Waals surface area contributed by atoms with Crippen LogP contribution in [-0.2, 0) is 4.79 Å². The van der Waals surface area contributed by atoms with Crippen LogP contribution in [0.15, 0.2) is 6.07 Å². The van der Waals surface area contributed by atoms with Gasteiger partial charge in [0.2, 0.25) is 5.91 Å². The zero-order valence-electron chi connectivity index (χ0n) is 10.7. The first-order valence-electron chi connectivity index (χ1n) is 6.26. The first kappa shape index (κ1) is 14.9. The standard InChI is InChI=1S/C13H16Cl2N2OS/c1-8-6-10(14)16-13(15)12(8)17-11(18)7-9-2-4-19-5-3-9/h6,9H,2-5,7H2,1H3,(H,17,18). The third kappa shape index (κ3) is 4.26. The molecule has 1 amide bonds. The number of thioether (sulfide) groups is 1. The first-order valence-corrected chi connectivity index (χ1v) is 8.17. The molecule has 1 aliphatic rings. The highest BCUT2D eigenvalue weighted by Crippen LogP contribution is 2.28. The van der Waals surface area contributed by atoms with Crippen LogP contribution in [0.1, 0.15) is 24.8 Å². The molecule has 0 atom stereocenters. The minimum absolute atomic E-state index is 0.00558. The van der Waals surface area contributed by atoms with Crippen molar-refractivity contribution >= 4 is 46.6 Å². The van der Waals surface area contributed by atoms with Crippen molar-refractivity contribution in [3.8, 4) is 0 Å². The maximum absolute atomic E-state index is 12.0. The van der Waals surface area contributed by atoms with Crippen molar-refractivity contribution in [3.63, 3.8) is 0 Å². The van der Waals surface area contributed by atoms with E-state index < -0.39 is 0 Å². The molecule has 0 unspecified atom stereocenters. The lowest BCUT2D eigenvalue weighted by molar-refractivity contribution is -0.117. The van der Waals surface area contributed by atoms with Crippen molar-refractivity contribution in [3.05, 3.63) is 21.9 Å². The van der Waals surface area contributed by atoms with Crippen LogP contribution >= 0.6 is 35.0 Å². The number of hydrogen-bond acceptors (Lipinski definition) is 3. The van der Waals surface area contributed by atoms with E-state index in [-0.39, 0.29) is 11.1 Å². The third-order valence-corrected chi connectivity index (χ3v) is 4.74. The smallest absolute Gasteiger partial charge is 0.224 e. The molecular weight excluding hydrogens is 303 g/mol. The molecular formula is C13H16Cl2N2OS. The molecule has 0 radical (unpaired) electrons. The van der Waals surface area contributed by atoms with Gasteiger partial charge in [-0.05, 0) is 48.8 Å². The van der Waals surface area contributed by atoms with E-state index in [1.165, 1.54) is 0 Å². The van der Waals surface area contributed by atoms with Crippen LogP contribution in [0.25, 0.3) is 0 Å². The van der Waals surface area contributed by atoms with Crippen LogP contribution < -0.4 is 5.32 Å². The van der Waals surface area contributed by atoms with E-state index in [0.29, 0.717) is 23.2 Å². The molecule has 1 aromatic rings. The Labute approximate surface area is 127 Å². The molecule has 1 N–H and O–H groups in total. The molecule has 0 aromatic carbocycles. The van der Waals surface area contributed by atoms with Crippen LogP contribution in [0, 0.1) is 12.8 Å². The van der Waals surface area contributed by atoms with Crippen molar-refractivity contribution in [2.24, 2.45) is 5.92 Å². The molecule has 2 heterocycles. The Bertz CT molecular complexity index is 453. The Morgan fingerprint density at radius 3 is 2.79 bits per heavy atom. The number of nitrogens with zero attached hydrogens (tertiary/aromatic N) is 1. The summed E-state index contributed by atoms with van der Waals surface area (Å²) in [5, 5.41) is 3.44. The summed E-state index contributed by atoms with van der Waals surface area (Å²) in [6, 6.07) is 1.69. The Hall–Kier alpha value is -0.450. The molecule has 3 nitrogen and oxygen atoms in total. The number of nitrogens with one attached hydrogen (secondary N) is 1. The highest BCUT2D eigenvalue weighted by atomic mass is 35.5. The van der Waals surface area contributed by atoms with E-state index in [9.17, 15) is 4.79 Å². The van der Waals surface area contributed by atoms with Gasteiger partial charge in [-0.3, -0.25) is 4.79 Å². The predicted molar refractivity (Wildman–Crippen MR) is 82.3 cm³/mol. The van der Waals surface area contributed by atoms with Gasteiger partial charge in [0.05, 0.1) is 5.69 Å². The number of aromatic nitrogens is 1. The molecule has 0 bridgehead atoms. The largest absolute Gasteiger partial charge is 0.323 e. The summed E-state index contributed by atoms with van der Waals surface area (Å²) in [4.78, 5) is 16.0. The molecule has 6 heteroatoms. The second-order valence-corrected chi connectivity index (χ2v) is 6.71. The number of hydrogen-bond donors (Lipinski definition) is 1. The molecule has 1 fully saturated rings. The van der Waals surface area contributed by atoms with E-state index in [1.54, 1.807) is 6.07 Å². The number of pyridine rings is 1. The minimum atomic E-state index is 0.00558. The minimum Gasteiger partial charge on any atom is -0.323 e. The lowest BCUT2D eigenvalue weighted by Crippen LogP contribution is -2.20. The van der Waals surface area contributed by atoms with Crippen molar-refractivity contribution in [2.75, 3.05) is 16.8 Å². The van der Waals surface area contributed by atoms with Gasteiger partial charge in [0.1, 0.15) is 5.15 Å². The molecule has 104 valence electrons. The monoisotopic (exact) mass is 318 g/mol. The number of carbonyl (C=O) groups is 1. The highest BCUT2D eigenvalue weighted by Gasteiger charge is 2.18. The van der Waals surface area contributed by atoms with Gasteiger partial charge in [-0.25, -0.2) is 4.98 Å². The van der Waals surface area contributed by atoms with Crippen LogP contribution in [0.4, 0.5) is 5.69 Å². The van der Waals surface area contributed by atoms with Crippen LogP contribution in [-0.4, -0.2) is 22.4 Å². The zero-order chi connectivity index (χ0) is 13.8. The normalized spacial score (nSPS) is 16.4. The third-order valence-electron chi connectivity index (χ3n) is 3.22. The number of rotatable bonds is 3. The first-order chi connectivity index (χ1) is 9.06. The molecule has 1 aliphatic heterocycles. The molecule has 1 saturated heterocycles. The molecule has 19 heavy (non-hydrogen) atoms. The van der Waals surface area contributed by atoms with Gasteiger partial charge in [-0.2, -0.15) is 11.8 Å². The number of carbonyl (C=O) groups excluding carboxylic acids is 1. The Balaban J connectivity index is 1.98. The Kier molecular flexibility index (Phi) is 5.37. The Morgan fingerprint density at radius 1 is 1.47 bits per heavy atom. The van der Waals surface area contributed by atoms with E-state index in [2.05, 4.69) is 10.3 Å². The summed E-state index contributed by atoms with van der Waals surface area (Å²) in [5.74, 6) is 2.80. The quantitative estimate of drug-likeness (QED) is 0.850.